The first kappa shape index (κ1) is 22.0. The zero-order valence-electron chi connectivity index (χ0n) is 18.9. The summed E-state index contributed by atoms with van der Waals surface area (Å²) in [6.07, 6.45) is 4.03. The van der Waals surface area contributed by atoms with Gasteiger partial charge in [0, 0.05) is 25.8 Å². The lowest BCUT2D eigenvalue weighted by atomic mass is 9.99. The van der Waals surface area contributed by atoms with Crippen LogP contribution in [0.1, 0.15) is 30.9 Å². The second kappa shape index (κ2) is 9.97. The second-order valence-corrected chi connectivity index (χ2v) is 9.09. The first-order chi connectivity index (χ1) is 16.2. The molecule has 33 heavy (non-hydrogen) atoms. The zero-order chi connectivity index (χ0) is 22.6. The first-order valence-electron chi connectivity index (χ1n) is 11.9. The number of carbonyl (C=O) groups excluding carboxylic acids is 1. The highest BCUT2D eigenvalue weighted by atomic mass is 16.6. The van der Waals surface area contributed by atoms with Crippen molar-refractivity contribution in [2.75, 3.05) is 50.8 Å². The van der Waals surface area contributed by atoms with E-state index in [0.717, 1.165) is 50.3 Å². The molecule has 2 fully saturated rings. The van der Waals surface area contributed by atoms with Crippen LogP contribution in [0.4, 0.5) is 5.82 Å². The molecule has 0 aliphatic carbocycles. The Morgan fingerprint density at radius 2 is 1.94 bits per heavy atom. The standard InChI is InChI=1S/C25H32N4O4/c30-24(18-6-7-21-22(15-18)33-14-13-32-21)20(17-28-10-3-4-11-28)27-25(31)19-8-12-29(16-19)23-5-1-2-9-26-23/h1-2,5-7,9,15,19-20,24,30H,3-4,8,10-14,16-17H2,(H,27,31)/t19-,20+,24+/m0/s1. The van der Waals surface area contributed by atoms with Gasteiger partial charge < -0.3 is 29.7 Å². The number of anilines is 1. The molecule has 3 atom stereocenters. The van der Waals surface area contributed by atoms with Gasteiger partial charge in [-0.2, -0.15) is 0 Å². The Balaban J connectivity index is 1.28. The van der Waals surface area contributed by atoms with Crippen LogP contribution in [0, 0.1) is 5.92 Å². The molecular weight excluding hydrogens is 420 g/mol. The maximum Gasteiger partial charge on any atom is 0.225 e. The molecule has 176 valence electrons. The maximum absolute atomic E-state index is 13.2. The summed E-state index contributed by atoms with van der Waals surface area (Å²) in [4.78, 5) is 22.1. The Morgan fingerprint density at radius 1 is 1.12 bits per heavy atom. The SMILES string of the molecule is O=C(N[C@H](CN1CCCC1)[C@H](O)c1ccc2c(c1)OCCO2)[C@H]1CCN(c2ccccn2)C1. The number of aliphatic hydroxyl groups is 1. The van der Waals surface area contributed by atoms with Crippen molar-refractivity contribution in [3.63, 3.8) is 0 Å². The van der Waals surface area contributed by atoms with Gasteiger partial charge in [0.1, 0.15) is 25.1 Å². The molecule has 5 rings (SSSR count). The molecular formula is C25H32N4O4. The van der Waals surface area contributed by atoms with Crippen molar-refractivity contribution in [3.8, 4) is 11.5 Å². The van der Waals surface area contributed by atoms with Crippen molar-refractivity contribution in [2.24, 2.45) is 5.92 Å². The number of amides is 1. The lowest BCUT2D eigenvalue weighted by molar-refractivity contribution is -0.126. The lowest BCUT2D eigenvalue weighted by Crippen LogP contribution is -2.48. The van der Waals surface area contributed by atoms with Crippen molar-refractivity contribution in [1.29, 1.82) is 0 Å². The first-order valence-corrected chi connectivity index (χ1v) is 11.9. The van der Waals surface area contributed by atoms with Crippen LogP contribution in [0.15, 0.2) is 42.6 Å². The van der Waals surface area contributed by atoms with Crippen molar-refractivity contribution < 1.29 is 19.4 Å². The molecule has 1 aromatic heterocycles. The summed E-state index contributed by atoms with van der Waals surface area (Å²) in [5.41, 5.74) is 0.727. The van der Waals surface area contributed by atoms with Gasteiger partial charge in [0.25, 0.3) is 0 Å². The highest BCUT2D eigenvalue weighted by Gasteiger charge is 2.33. The second-order valence-electron chi connectivity index (χ2n) is 9.09. The Bertz CT molecular complexity index is 951. The van der Waals surface area contributed by atoms with Gasteiger partial charge in [-0.3, -0.25) is 4.79 Å². The predicted molar refractivity (Wildman–Crippen MR) is 125 cm³/mol. The number of aromatic nitrogens is 1. The van der Waals surface area contributed by atoms with Gasteiger partial charge in [0.05, 0.1) is 12.0 Å². The van der Waals surface area contributed by atoms with Crippen molar-refractivity contribution in [3.05, 3.63) is 48.2 Å². The number of benzene rings is 1. The lowest BCUT2D eigenvalue weighted by Gasteiger charge is -2.30. The van der Waals surface area contributed by atoms with Crippen LogP contribution >= 0.6 is 0 Å². The number of hydrogen-bond donors (Lipinski definition) is 2. The van der Waals surface area contributed by atoms with Crippen LogP contribution in [-0.4, -0.2) is 72.9 Å². The Labute approximate surface area is 194 Å². The zero-order valence-corrected chi connectivity index (χ0v) is 18.9. The van der Waals surface area contributed by atoms with E-state index in [1.165, 1.54) is 0 Å². The maximum atomic E-state index is 13.2. The Morgan fingerprint density at radius 3 is 2.73 bits per heavy atom. The quantitative estimate of drug-likeness (QED) is 0.664. The fourth-order valence-electron chi connectivity index (χ4n) is 4.97. The predicted octanol–water partition coefficient (Wildman–Crippen LogP) is 1.99. The van der Waals surface area contributed by atoms with Crippen LogP contribution in [0.3, 0.4) is 0 Å². The van der Waals surface area contributed by atoms with E-state index in [1.807, 2.05) is 36.4 Å². The molecule has 0 unspecified atom stereocenters. The molecule has 3 aliphatic heterocycles. The fourth-order valence-corrected chi connectivity index (χ4v) is 4.97. The molecule has 1 amide bonds. The minimum absolute atomic E-state index is 0.00535. The van der Waals surface area contributed by atoms with Crippen molar-refractivity contribution in [1.82, 2.24) is 15.2 Å². The molecule has 8 nitrogen and oxygen atoms in total. The number of ether oxygens (including phenoxy) is 2. The van der Waals surface area contributed by atoms with Crippen molar-refractivity contribution >= 4 is 11.7 Å². The Kier molecular flexibility index (Phi) is 6.64. The third-order valence-electron chi connectivity index (χ3n) is 6.80. The van der Waals surface area contributed by atoms with Gasteiger partial charge in [-0.25, -0.2) is 4.98 Å². The molecule has 2 N–H and O–H groups in total. The van der Waals surface area contributed by atoms with Crippen molar-refractivity contribution in [2.45, 2.75) is 31.4 Å². The largest absolute Gasteiger partial charge is 0.486 e. The molecule has 2 aromatic rings. The van der Waals surface area contributed by atoms with Crippen LogP contribution in [0.25, 0.3) is 0 Å². The van der Waals surface area contributed by atoms with Gasteiger partial charge >= 0.3 is 0 Å². The van der Waals surface area contributed by atoms with Crippen LogP contribution in [-0.2, 0) is 4.79 Å². The number of fused-ring (bicyclic) bond motifs is 1. The number of aliphatic hydroxyl groups excluding tert-OH is 1. The van der Waals surface area contributed by atoms with E-state index in [-0.39, 0.29) is 11.8 Å². The summed E-state index contributed by atoms with van der Waals surface area (Å²) < 4.78 is 11.3. The summed E-state index contributed by atoms with van der Waals surface area (Å²) >= 11 is 0. The van der Waals surface area contributed by atoms with Gasteiger partial charge in [-0.05, 0) is 62.2 Å². The van der Waals surface area contributed by atoms with Gasteiger partial charge in [-0.1, -0.05) is 12.1 Å². The minimum Gasteiger partial charge on any atom is -0.486 e. The third kappa shape index (κ3) is 5.07. The van der Waals surface area contributed by atoms with Crippen LogP contribution in [0.5, 0.6) is 11.5 Å². The van der Waals surface area contributed by atoms with Gasteiger partial charge in [0.2, 0.25) is 5.91 Å². The topological polar surface area (TPSA) is 87.2 Å². The van der Waals surface area contributed by atoms with Gasteiger partial charge in [0.15, 0.2) is 11.5 Å². The number of nitrogens with one attached hydrogen (secondary N) is 1. The molecule has 3 aliphatic rings. The summed E-state index contributed by atoms with van der Waals surface area (Å²) in [5.74, 6) is 2.11. The number of carbonyl (C=O) groups is 1. The summed E-state index contributed by atoms with van der Waals surface area (Å²) in [5, 5.41) is 14.5. The van der Waals surface area contributed by atoms with E-state index in [4.69, 9.17) is 9.47 Å². The molecule has 1 aromatic carbocycles. The monoisotopic (exact) mass is 452 g/mol. The highest BCUT2D eigenvalue weighted by Crippen LogP contribution is 2.34. The molecule has 2 saturated heterocycles. The smallest absolute Gasteiger partial charge is 0.225 e. The van der Waals surface area contributed by atoms with E-state index in [0.29, 0.717) is 37.8 Å². The minimum atomic E-state index is -0.835. The Hall–Kier alpha value is -2.84. The molecule has 4 heterocycles. The molecule has 0 saturated carbocycles. The van der Waals surface area contributed by atoms with Crippen LogP contribution < -0.4 is 19.7 Å². The van der Waals surface area contributed by atoms with E-state index in [2.05, 4.69) is 20.1 Å². The third-order valence-corrected chi connectivity index (χ3v) is 6.80. The average molecular weight is 453 g/mol. The van der Waals surface area contributed by atoms with Crippen LogP contribution in [0.2, 0.25) is 0 Å². The van der Waals surface area contributed by atoms with E-state index >= 15 is 0 Å². The summed E-state index contributed by atoms with van der Waals surface area (Å²) in [6.45, 7) is 5.08. The average Bonchev–Trinajstić information content (AvgIpc) is 3.56. The van der Waals surface area contributed by atoms with E-state index in [1.54, 1.807) is 6.20 Å². The normalized spacial score (nSPS) is 22.2. The fraction of sp³-hybridized carbons (Fsp3) is 0.520. The van der Waals surface area contributed by atoms with E-state index in [9.17, 15) is 9.90 Å². The van der Waals surface area contributed by atoms with Gasteiger partial charge in [-0.15, -0.1) is 0 Å². The highest BCUT2D eigenvalue weighted by molar-refractivity contribution is 5.80. The summed E-state index contributed by atoms with van der Waals surface area (Å²) in [7, 11) is 0. The number of hydrogen-bond acceptors (Lipinski definition) is 7. The van der Waals surface area contributed by atoms with E-state index < -0.39 is 12.1 Å². The number of likely N-dealkylation sites (tertiary alicyclic amines) is 1. The molecule has 0 spiro atoms. The number of rotatable bonds is 7. The number of pyridine rings is 1. The molecule has 0 bridgehead atoms. The molecule has 0 radical (unpaired) electrons. The number of nitrogens with zero attached hydrogens (tertiary/aromatic N) is 3. The summed E-state index contributed by atoms with van der Waals surface area (Å²) in [6, 6.07) is 11.0. The molecule has 8 heteroatoms.